The van der Waals surface area contributed by atoms with Crippen molar-refractivity contribution in [1.82, 2.24) is 5.32 Å². The number of hydrogen-bond donors (Lipinski definition) is 1. The standard InChI is InChI=1S/C24H25NO3/c1-24(2)13-20-23(21(26)14-24)19(12-22(27)25-20)17-9-6-10-18(11-17)28-15-16-7-4-3-5-8-16/h3-11,19H,12-15H2,1-2H3,(H,25,27)/t19-/m1/s1. The zero-order chi connectivity index (χ0) is 19.7. The van der Waals surface area contributed by atoms with E-state index in [2.05, 4.69) is 19.2 Å². The minimum Gasteiger partial charge on any atom is -0.489 e. The predicted octanol–water partition coefficient (Wildman–Crippen LogP) is 4.51. The normalized spacial score (nSPS) is 21.1. The number of carbonyl (C=O) groups is 2. The topological polar surface area (TPSA) is 55.4 Å². The molecule has 4 nitrogen and oxygen atoms in total. The number of Topliss-reactive ketones (excluding diaryl/α,β-unsaturated/α-hetero) is 1. The molecule has 1 amide bonds. The number of rotatable bonds is 4. The molecule has 0 bridgehead atoms. The van der Waals surface area contributed by atoms with Gasteiger partial charge in [0, 0.05) is 30.0 Å². The molecule has 1 N–H and O–H groups in total. The fourth-order valence-corrected chi connectivity index (χ4v) is 4.20. The van der Waals surface area contributed by atoms with E-state index in [9.17, 15) is 9.59 Å². The summed E-state index contributed by atoms with van der Waals surface area (Å²) in [6.45, 7) is 4.63. The Morgan fingerprint density at radius 2 is 1.82 bits per heavy atom. The molecule has 2 aliphatic rings. The van der Waals surface area contributed by atoms with Crippen molar-refractivity contribution in [2.45, 2.75) is 45.6 Å². The lowest BCUT2D eigenvalue weighted by Gasteiger charge is -2.37. The summed E-state index contributed by atoms with van der Waals surface area (Å²) < 4.78 is 5.94. The van der Waals surface area contributed by atoms with Crippen molar-refractivity contribution in [3.8, 4) is 5.75 Å². The molecule has 0 spiro atoms. The van der Waals surface area contributed by atoms with E-state index < -0.39 is 0 Å². The van der Waals surface area contributed by atoms with Gasteiger partial charge in [-0.15, -0.1) is 0 Å². The fourth-order valence-electron chi connectivity index (χ4n) is 4.20. The van der Waals surface area contributed by atoms with Gasteiger partial charge in [0.2, 0.25) is 5.91 Å². The molecule has 1 heterocycles. The van der Waals surface area contributed by atoms with Crippen molar-refractivity contribution in [1.29, 1.82) is 0 Å². The molecule has 4 heteroatoms. The predicted molar refractivity (Wildman–Crippen MR) is 108 cm³/mol. The van der Waals surface area contributed by atoms with Crippen LogP contribution >= 0.6 is 0 Å². The maximum absolute atomic E-state index is 12.9. The van der Waals surface area contributed by atoms with Crippen LogP contribution < -0.4 is 10.1 Å². The SMILES string of the molecule is CC1(C)CC(=O)C2=C(C1)NC(=O)C[C@@H]2c1cccc(OCc2ccccc2)c1. The third-order valence-electron chi connectivity index (χ3n) is 5.46. The highest BCUT2D eigenvalue weighted by Gasteiger charge is 2.40. The summed E-state index contributed by atoms with van der Waals surface area (Å²) in [4.78, 5) is 25.2. The first-order valence-corrected chi connectivity index (χ1v) is 9.74. The zero-order valence-corrected chi connectivity index (χ0v) is 16.3. The molecule has 2 aromatic rings. The van der Waals surface area contributed by atoms with E-state index in [1.165, 1.54) is 0 Å². The highest BCUT2D eigenvalue weighted by molar-refractivity contribution is 6.02. The number of benzene rings is 2. The van der Waals surface area contributed by atoms with Crippen molar-refractivity contribution < 1.29 is 14.3 Å². The molecular formula is C24H25NO3. The lowest BCUT2D eigenvalue weighted by Crippen LogP contribution is -2.40. The van der Waals surface area contributed by atoms with Crippen LogP contribution in [0.5, 0.6) is 5.75 Å². The van der Waals surface area contributed by atoms with E-state index >= 15 is 0 Å². The maximum Gasteiger partial charge on any atom is 0.225 e. The number of carbonyl (C=O) groups excluding carboxylic acids is 2. The van der Waals surface area contributed by atoms with Crippen LogP contribution in [0.25, 0.3) is 0 Å². The summed E-state index contributed by atoms with van der Waals surface area (Å²) in [5.74, 6) is 0.669. The van der Waals surface area contributed by atoms with Crippen LogP contribution in [0.3, 0.4) is 0 Å². The van der Waals surface area contributed by atoms with Crippen LogP contribution in [-0.2, 0) is 16.2 Å². The van der Waals surface area contributed by atoms with Crippen LogP contribution in [0.2, 0.25) is 0 Å². The largest absolute Gasteiger partial charge is 0.489 e. The molecular weight excluding hydrogens is 350 g/mol. The second-order valence-corrected chi connectivity index (χ2v) is 8.48. The molecule has 28 heavy (non-hydrogen) atoms. The van der Waals surface area contributed by atoms with E-state index in [4.69, 9.17) is 4.74 Å². The van der Waals surface area contributed by atoms with Crippen LogP contribution in [0.1, 0.15) is 50.2 Å². The monoisotopic (exact) mass is 375 g/mol. The highest BCUT2D eigenvalue weighted by atomic mass is 16.5. The number of allylic oxidation sites excluding steroid dienone is 2. The average Bonchev–Trinajstić information content (AvgIpc) is 2.65. The van der Waals surface area contributed by atoms with Gasteiger partial charge in [0.25, 0.3) is 0 Å². The zero-order valence-electron chi connectivity index (χ0n) is 16.3. The highest BCUT2D eigenvalue weighted by Crippen LogP contribution is 2.44. The first kappa shape index (κ1) is 18.5. The van der Waals surface area contributed by atoms with Crippen LogP contribution in [0.4, 0.5) is 0 Å². The van der Waals surface area contributed by atoms with Crippen molar-refractivity contribution in [2.75, 3.05) is 0 Å². The van der Waals surface area contributed by atoms with Crippen molar-refractivity contribution >= 4 is 11.7 Å². The van der Waals surface area contributed by atoms with Gasteiger partial charge in [-0.1, -0.05) is 56.3 Å². The Bertz CT molecular complexity index is 943. The van der Waals surface area contributed by atoms with Gasteiger partial charge in [-0.05, 0) is 35.1 Å². The van der Waals surface area contributed by atoms with Gasteiger partial charge in [-0.25, -0.2) is 0 Å². The van der Waals surface area contributed by atoms with E-state index in [1.54, 1.807) is 0 Å². The summed E-state index contributed by atoms with van der Waals surface area (Å²) in [5.41, 5.74) is 3.52. The molecule has 0 fully saturated rings. The number of hydrogen-bond acceptors (Lipinski definition) is 3. The Labute approximate surface area is 165 Å². The second kappa shape index (κ2) is 7.27. The van der Waals surface area contributed by atoms with E-state index in [0.717, 1.165) is 34.6 Å². The Morgan fingerprint density at radius 3 is 2.61 bits per heavy atom. The summed E-state index contributed by atoms with van der Waals surface area (Å²) >= 11 is 0. The first-order chi connectivity index (χ1) is 13.4. The molecule has 1 atom stereocenters. The van der Waals surface area contributed by atoms with Gasteiger partial charge in [-0.2, -0.15) is 0 Å². The molecule has 0 saturated heterocycles. The van der Waals surface area contributed by atoms with E-state index in [1.807, 2.05) is 54.6 Å². The Hall–Kier alpha value is -2.88. The summed E-state index contributed by atoms with van der Waals surface area (Å²) in [6, 6.07) is 17.8. The first-order valence-electron chi connectivity index (χ1n) is 9.74. The van der Waals surface area contributed by atoms with E-state index in [-0.39, 0.29) is 23.0 Å². The molecule has 0 aromatic heterocycles. The number of ketones is 1. The Balaban J connectivity index is 1.61. The van der Waals surface area contributed by atoms with Gasteiger partial charge in [0.1, 0.15) is 12.4 Å². The quantitative estimate of drug-likeness (QED) is 0.855. The average molecular weight is 375 g/mol. The molecule has 1 aliphatic heterocycles. The lowest BCUT2D eigenvalue weighted by molar-refractivity contribution is -0.122. The molecule has 4 rings (SSSR count). The third-order valence-corrected chi connectivity index (χ3v) is 5.46. The second-order valence-electron chi connectivity index (χ2n) is 8.48. The van der Waals surface area contributed by atoms with E-state index in [0.29, 0.717) is 19.4 Å². The molecule has 0 saturated carbocycles. The summed E-state index contributed by atoms with van der Waals surface area (Å²) in [6.07, 6.45) is 1.54. The van der Waals surface area contributed by atoms with Crippen LogP contribution in [0, 0.1) is 5.41 Å². The smallest absolute Gasteiger partial charge is 0.225 e. The Morgan fingerprint density at radius 1 is 1.04 bits per heavy atom. The van der Waals surface area contributed by atoms with Gasteiger partial charge in [0.05, 0.1) is 0 Å². The molecule has 144 valence electrons. The van der Waals surface area contributed by atoms with Crippen molar-refractivity contribution in [3.63, 3.8) is 0 Å². The minimum atomic E-state index is -0.201. The van der Waals surface area contributed by atoms with Crippen LogP contribution in [0.15, 0.2) is 65.9 Å². The van der Waals surface area contributed by atoms with Crippen molar-refractivity contribution in [3.05, 3.63) is 77.0 Å². The van der Waals surface area contributed by atoms with Crippen LogP contribution in [-0.4, -0.2) is 11.7 Å². The van der Waals surface area contributed by atoms with Gasteiger partial charge < -0.3 is 10.1 Å². The summed E-state index contributed by atoms with van der Waals surface area (Å²) in [5, 5.41) is 2.95. The number of amides is 1. The lowest BCUT2D eigenvalue weighted by atomic mass is 9.70. The van der Waals surface area contributed by atoms with Gasteiger partial charge in [-0.3, -0.25) is 9.59 Å². The molecule has 0 unspecified atom stereocenters. The molecule has 1 aliphatic carbocycles. The minimum absolute atomic E-state index is 0.0233. The molecule has 0 radical (unpaired) electrons. The summed E-state index contributed by atoms with van der Waals surface area (Å²) in [7, 11) is 0. The van der Waals surface area contributed by atoms with Gasteiger partial charge in [0.15, 0.2) is 5.78 Å². The molecule has 2 aromatic carbocycles. The third kappa shape index (κ3) is 3.86. The van der Waals surface area contributed by atoms with Crippen molar-refractivity contribution in [2.24, 2.45) is 5.41 Å². The van der Waals surface area contributed by atoms with Gasteiger partial charge >= 0.3 is 0 Å². The Kier molecular flexibility index (Phi) is 4.80. The fraction of sp³-hybridized carbons (Fsp3) is 0.333. The number of ether oxygens (including phenoxy) is 1. The number of nitrogens with one attached hydrogen (secondary N) is 1. The maximum atomic E-state index is 12.9.